The number of H-pyrrole nitrogens is 1. The summed E-state index contributed by atoms with van der Waals surface area (Å²) in [5.74, 6) is 0.643. The van der Waals surface area contributed by atoms with Gasteiger partial charge in [0, 0.05) is 18.2 Å². The number of fused-ring (bicyclic) bond motifs is 1. The van der Waals surface area contributed by atoms with Gasteiger partial charge in [0.2, 0.25) is 0 Å². The van der Waals surface area contributed by atoms with Crippen molar-refractivity contribution in [1.82, 2.24) is 9.78 Å². The van der Waals surface area contributed by atoms with Crippen molar-refractivity contribution in [1.29, 1.82) is 0 Å². The summed E-state index contributed by atoms with van der Waals surface area (Å²) < 4.78 is 1.76. The molecule has 1 aromatic heterocycles. The molecule has 0 radical (unpaired) electrons. The van der Waals surface area contributed by atoms with E-state index in [4.69, 9.17) is 0 Å². The third kappa shape index (κ3) is 2.70. The number of thioether (sulfide) groups is 1. The first-order chi connectivity index (χ1) is 10.9. The molecule has 0 amide bonds. The maximum absolute atomic E-state index is 12.4. The zero-order valence-electron chi connectivity index (χ0n) is 12.9. The summed E-state index contributed by atoms with van der Waals surface area (Å²) in [7, 11) is 0. The predicted octanol–water partition coefficient (Wildman–Crippen LogP) is 3.55. The maximum atomic E-state index is 12.4. The van der Waals surface area contributed by atoms with Gasteiger partial charge in [0.1, 0.15) is 0 Å². The van der Waals surface area contributed by atoms with Crippen LogP contribution in [0.4, 0.5) is 11.5 Å². The minimum atomic E-state index is -0.433. The van der Waals surface area contributed by atoms with Crippen LogP contribution in [-0.4, -0.2) is 19.7 Å². The topological polar surface area (TPSA) is 93.3 Å². The Morgan fingerprint density at radius 3 is 2.57 bits per heavy atom. The quantitative estimate of drug-likeness (QED) is 0.687. The average Bonchev–Trinajstić information content (AvgIpc) is 2.83. The zero-order valence-corrected chi connectivity index (χ0v) is 13.8. The normalized spacial score (nSPS) is 17.0. The summed E-state index contributed by atoms with van der Waals surface area (Å²) >= 11 is 1.48. The molecule has 0 unspecified atom stereocenters. The molecular formula is C15H16N4O3S. The van der Waals surface area contributed by atoms with Crippen LogP contribution in [0.5, 0.6) is 0 Å². The number of nitro benzene ring substituents is 1. The van der Waals surface area contributed by atoms with Crippen molar-refractivity contribution in [3.05, 3.63) is 55.9 Å². The molecule has 23 heavy (non-hydrogen) atoms. The van der Waals surface area contributed by atoms with Crippen molar-refractivity contribution in [2.45, 2.75) is 32.1 Å². The first-order valence-corrected chi connectivity index (χ1v) is 8.07. The molecule has 0 aliphatic carbocycles. The van der Waals surface area contributed by atoms with E-state index in [2.05, 4.69) is 10.1 Å². The molecule has 1 aliphatic heterocycles. The fourth-order valence-electron chi connectivity index (χ4n) is 2.59. The second-order valence-electron chi connectivity index (χ2n) is 5.62. The first-order valence-electron chi connectivity index (χ1n) is 7.19. The van der Waals surface area contributed by atoms with Crippen molar-refractivity contribution in [3.63, 3.8) is 0 Å². The Labute approximate surface area is 136 Å². The van der Waals surface area contributed by atoms with E-state index < -0.39 is 4.92 Å². The smallest absolute Gasteiger partial charge is 0.268 e. The van der Waals surface area contributed by atoms with Crippen LogP contribution in [-0.2, 0) is 0 Å². The second-order valence-corrected chi connectivity index (χ2v) is 6.92. The number of hydrogen-bond acceptors (Lipinski definition) is 5. The van der Waals surface area contributed by atoms with E-state index in [1.54, 1.807) is 16.8 Å². The lowest BCUT2D eigenvalue weighted by Gasteiger charge is -2.21. The molecule has 7 nitrogen and oxygen atoms in total. The maximum Gasteiger partial charge on any atom is 0.271 e. The van der Waals surface area contributed by atoms with Gasteiger partial charge in [-0.3, -0.25) is 24.7 Å². The molecule has 0 fully saturated rings. The van der Waals surface area contributed by atoms with Crippen molar-refractivity contribution in [2.24, 2.45) is 4.99 Å². The Balaban J connectivity index is 2.11. The Bertz CT molecular complexity index is 849. The molecular weight excluding hydrogens is 316 g/mol. The van der Waals surface area contributed by atoms with Gasteiger partial charge in [0.15, 0.2) is 5.82 Å². The summed E-state index contributed by atoms with van der Waals surface area (Å²) in [6.45, 7) is 5.85. The van der Waals surface area contributed by atoms with E-state index >= 15 is 0 Å². The van der Waals surface area contributed by atoms with E-state index in [0.29, 0.717) is 11.4 Å². The summed E-state index contributed by atoms with van der Waals surface area (Å²) in [5.41, 5.74) is 1.32. The molecule has 120 valence electrons. The van der Waals surface area contributed by atoms with Crippen molar-refractivity contribution >= 4 is 28.3 Å². The highest BCUT2D eigenvalue weighted by Gasteiger charge is 2.30. The van der Waals surface area contributed by atoms with Gasteiger partial charge in [-0.1, -0.05) is 23.9 Å². The zero-order chi connectivity index (χ0) is 16.7. The molecule has 1 aromatic carbocycles. The SMILES string of the molecule is CC1=Nc2c(c(=O)[nH]n2C(C)C)[C@H](c2ccc([N+](=O)[O-])cc2)S1. The van der Waals surface area contributed by atoms with Gasteiger partial charge >= 0.3 is 0 Å². The Hall–Kier alpha value is -2.35. The Kier molecular flexibility index (Phi) is 3.85. The van der Waals surface area contributed by atoms with E-state index in [-0.39, 0.29) is 22.5 Å². The number of benzene rings is 1. The Morgan fingerprint density at radius 2 is 2.00 bits per heavy atom. The van der Waals surface area contributed by atoms with Crippen molar-refractivity contribution < 1.29 is 4.92 Å². The summed E-state index contributed by atoms with van der Waals surface area (Å²) in [5, 5.41) is 14.3. The number of nitrogens with one attached hydrogen (secondary N) is 1. The minimum absolute atomic E-state index is 0.0360. The van der Waals surface area contributed by atoms with Gasteiger partial charge in [-0.2, -0.15) is 0 Å². The first kappa shape index (κ1) is 15.5. The fourth-order valence-corrected chi connectivity index (χ4v) is 3.69. The van der Waals surface area contributed by atoms with E-state index in [1.165, 1.54) is 23.9 Å². The van der Waals surface area contributed by atoms with Crippen LogP contribution in [0.1, 0.15) is 43.2 Å². The lowest BCUT2D eigenvalue weighted by atomic mass is 10.1. The van der Waals surface area contributed by atoms with Gasteiger partial charge in [-0.25, -0.2) is 4.99 Å². The summed E-state index contributed by atoms with van der Waals surface area (Å²) in [6.07, 6.45) is 0. The molecule has 0 saturated heterocycles. The van der Waals surface area contributed by atoms with Gasteiger partial charge in [-0.15, -0.1) is 0 Å². The largest absolute Gasteiger partial charge is 0.271 e. The molecule has 1 atom stereocenters. The van der Waals surface area contributed by atoms with Crippen LogP contribution in [0.3, 0.4) is 0 Å². The highest BCUT2D eigenvalue weighted by atomic mass is 32.2. The average molecular weight is 332 g/mol. The van der Waals surface area contributed by atoms with Crippen LogP contribution in [0.15, 0.2) is 34.1 Å². The molecule has 3 rings (SSSR count). The predicted molar refractivity (Wildman–Crippen MR) is 90.7 cm³/mol. The summed E-state index contributed by atoms with van der Waals surface area (Å²) in [6, 6.07) is 6.41. The van der Waals surface area contributed by atoms with Crippen molar-refractivity contribution in [3.8, 4) is 0 Å². The fraction of sp³-hybridized carbons (Fsp3) is 0.333. The van der Waals surface area contributed by atoms with E-state index in [0.717, 1.165) is 10.6 Å². The third-order valence-electron chi connectivity index (χ3n) is 3.67. The highest BCUT2D eigenvalue weighted by molar-refractivity contribution is 8.14. The van der Waals surface area contributed by atoms with Crippen LogP contribution in [0.25, 0.3) is 0 Å². The van der Waals surface area contributed by atoms with Gasteiger partial charge < -0.3 is 0 Å². The van der Waals surface area contributed by atoms with Crippen molar-refractivity contribution in [2.75, 3.05) is 0 Å². The molecule has 1 N–H and O–H groups in total. The van der Waals surface area contributed by atoms with Gasteiger partial charge in [0.05, 0.1) is 20.8 Å². The summed E-state index contributed by atoms with van der Waals surface area (Å²) in [4.78, 5) is 27.3. The van der Waals surface area contributed by atoms with Crippen LogP contribution >= 0.6 is 11.8 Å². The minimum Gasteiger partial charge on any atom is -0.268 e. The molecule has 2 heterocycles. The number of non-ortho nitro benzene ring substituents is 1. The molecule has 8 heteroatoms. The Morgan fingerprint density at radius 1 is 1.35 bits per heavy atom. The number of nitro groups is 1. The number of nitrogens with zero attached hydrogens (tertiary/aromatic N) is 3. The van der Waals surface area contributed by atoms with E-state index in [1.807, 2.05) is 20.8 Å². The molecule has 0 saturated carbocycles. The number of hydrogen-bond donors (Lipinski definition) is 1. The number of aromatic nitrogens is 2. The third-order valence-corrected chi connectivity index (χ3v) is 4.85. The second kappa shape index (κ2) is 5.69. The molecule has 2 aromatic rings. The monoisotopic (exact) mass is 332 g/mol. The molecule has 0 spiro atoms. The van der Waals surface area contributed by atoms with Crippen LogP contribution in [0, 0.1) is 10.1 Å². The van der Waals surface area contributed by atoms with E-state index in [9.17, 15) is 14.9 Å². The van der Waals surface area contributed by atoms with Crippen LogP contribution < -0.4 is 5.56 Å². The van der Waals surface area contributed by atoms with Gasteiger partial charge in [0.25, 0.3) is 11.2 Å². The molecule has 1 aliphatic rings. The van der Waals surface area contributed by atoms with Crippen LogP contribution in [0.2, 0.25) is 0 Å². The highest BCUT2D eigenvalue weighted by Crippen LogP contribution is 2.44. The van der Waals surface area contributed by atoms with Gasteiger partial charge in [-0.05, 0) is 26.3 Å². The number of aliphatic imine (C=N–C) groups is 1. The lowest BCUT2D eigenvalue weighted by molar-refractivity contribution is -0.384. The standard InChI is InChI=1S/C15H16N4O3S/c1-8(2)18-14-12(15(20)17-18)13(23-9(3)16-14)10-4-6-11(7-5-10)19(21)22/h4-8,13H,1-3H3,(H,17,20)/t13-/m0/s1. The number of aromatic amines is 1. The molecule has 0 bridgehead atoms. The number of rotatable bonds is 3. The lowest BCUT2D eigenvalue weighted by Crippen LogP contribution is -2.13.